The van der Waals surface area contributed by atoms with Crippen molar-refractivity contribution in [3.8, 4) is 0 Å². The van der Waals surface area contributed by atoms with Crippen molar-refractivity contribution in [3.63, 3.8) is 0 Å². The van der Waals surface area contributed by atoms with Gasteiger partial charge in [0, 0.05) is 47.7 Å². The van der Waals surface area contributed by atoms with Crippen molar-refractivity contribution in [2.45, 2.75) is 32.2 Å². The number of hydrogen-bond donors (Lipinski definition) is 2. The lowest BCUT2D eigenvalue weighted by Gasteiger charge is -2.27. The Morgan fingerprint density at radius 3 is 3.00 bits per heavy atom. The number of hydrogen-bond acceptors (Lipinski definition) is 2. The molecule has 0 saturated carbocycles. The summed E-state index contributed by atoms with van der Waals surface area (Å²) in [6.45, 7) is 3.55. The molecule has 2 N–H and O–H groups in total. The molecule has 1 aliphatic rings. The number of unbranched alkanes of at least 4 members (excludes halogenated alkanes) is 2. The number of H-pyrrole nitrogens is 1. The van der Waals surface area contributed by atoms with Gasteiger partial charge in [-0.2, -0.15) is 0 Å². The highest BCUT2D eigenvalue weighted by Crippen LogP contribution is 2.29. The van der Waals surface area contributed by atoms with E-state index in [1.165, 1.54) is 28.6 Å². The molecule has 2 heterocycles. The molecule has 0 unspecified atom stereocenters. The molecule has 0 saturated heterocycles. The summed E-state index contributed by atoms with van der Waals surface area (Å²) < 4.78 is 0. The van der Waals surface area contributed by atoms with Crippen LogP contribution in [0.25, 0.3) is 10.9 Å². The Morgan fingerprint density at radius 1 is 1.25 bits per heavy atom. The summed E-state index contributed by atoms with van der Waals surface area (Å²) in [7, 11) is 0. The lowest BCUT2D eigenvalue weighted by Crippen LogP contribution is -2.31. The van der Waals surface area contributed by atoms with E-state index in [4.69, 9.17) is 16.7 Å². The molecule has 0 bridgehead atoms. The summed E-state index contributed by atoms with van der Waals surface area (Å²) in [5.41, 5.74) is 3.98. The maximum atomic E-state index is 8.82. The third-order valence-electron chi connectivity index (χ3n) is 4.15. The number of aromatic amines is 1. The van der Waals surface area contributed by atoms with E-state index < -0.39 is 0 Å². The van der Waals surface area contributed by atoms with Crippen LogP contribution in [0.15, 0.2) is 18.2 Å². The van der Waals surface area contributed by atoms with Crippen molar-refractivity contribution >= 4 is 22.5 Å². The predicted molar refractivity (Wildman–Crippen MR) is 83.2 cm³/mol. The molecule has 0 atom stereocenters. The van der Waals surface area contributed by atoms with Crippen molar-refractivity contribution < 1.29 is 5.11 Å². The molecular formula is C16H21ClN2O. The van der Waals surface area contributed by atoms with E-state index >= 15 is 0 Å². The molecule has 0 aliphatic carbocycles. The minimum absolute atomic E-state index is 0.311. The number of nitrogens with zero attached hydrogens (tertiary/aromatic N) is 1. The maximum absolute atomic E-state index is 8.82. The molecule has 1 aromatic heterocycles. The van der Waals surface area contributed by atoms with Gasteiger partial charge in [0.15, 0.2) is 0 Å². The molecule has 20 heavy (non-hydrogen) atoms. The van der Waals surface area contributed by atoms with Gasteiger partial charge in [0.1, 0.15) is 0 Å². The number of fused-ring (bicyclic) bond motifs is 3. The molecule has 0 amide bonds. The van der Waals surface area contributed by atoms with E-state index in [1.807, 2.05) is 6.07 Å². The molecule has 1 aromatic carbocycles. The number of nitrogens with one attached hydrogen (secondary N) is 1. The minimum Gasteiger partial charge on any atom is -0.396 e. The number of halogens is 1. The van der Waals surface area contributed by atoms with Crippen molar-refractivity contribution in [1.82, 2.24) is 9.88 Å². The van der Waals surface area contributed by atoms with Crippen molar-refractivity contribution in [3.05, 3.63) is 34.5 Å². The maximum Gasteiger partial charge on any atom is 0.0460 e. The molecule has 108 valence electrons. The summed E-state index contributed by atoms with van der Waals surface area (Å²) in [4.78, 5) is 6.03. The van der Waals surface area contributed by atoms with Gasteiger partial charge in [-0.25, -0.2) is 0 Å². The summed E-state index contributed by atoms with van der Waals surface area (Å²) >= 11 is 6.12. The van der Waals surface area contributed by atoms with Gasteiger partial charge in [-0.3, -0.25) is 4.90 Å². The van der Waals surface area contributed by atoms with Crippen LogP contribution in [0.3, 0.4) is 0 Å². The van der Waals surface area contributed by atoms with Crippen LogP contribution < -0.4 is 0 Å². The predicted octanol–water partition coefficient (Wildman–Crippen LogP) is 3.34. The van der Waals surface area contributed by atoms with E-state index in [9.17, 15) is 0 Å². The Kier molecular flexibility index (Phi) is 4.29. The monoisotopic (exact) mass is 292 g/mol. The van der Waals surface area contributed by atoms with E-state index in [2.05, 4.69) is 22.0 Å². The smallest absolute Gasteiger partial charge is 0.0460 e. The second-order valence-electron chi connectivity index (χ2n) is 5.58. The summed E-state index contributed by atoms with van der Waals surface area (Å²) in [5, 5.41) is 10.9. The molecular weight excluding hydrogens is 272 g/mol. The minimum atomic E-state index is 0.311. The average molecular weight is 293 g/mol. The van der Waals surface area contributed by atoms with Gasteiger partial charge in [-0.05, 0) is 49.6 Å². The Hall–Kier alpha value is -1.03. The van der Waals surface area contributed by atoms with Crippen LogP contribution in [0.4, 0.5) is 0 Å². The summed E-state index contributed by atoms with van der Waals surface area (Å²) in [6.07, 6.45) is 4.28. The van der Waals surface area contributed by atoms with E-state index in [0.717, 1.165) is 43.9 Å². The van der Waals surface area contributed by atoms with Gasteiger partial charge >= 0.3 is 0 Å². The van der Waals surface area contributed by atoms with Crippen LogP contribution in [-0.2, 0) is 13.0 Å². The zero-order chi connectivity index (χ0) is 13.9. The van der Waals surface area contributed by atoms with Crippen LogP contribution in [0.2, 0.25) is 5.02 Å². The van der Waals surface area contributed by atoms with Gasteiger partial charge in [0.2, 0.25) is 0 Å². The molecule has 2 aromatic rings. The second-order valence-corrected chi connectivity index (χ2v) is 6.02. The third-order valence-corrected chi connectivity index (χ3v) is 4.38. The highest BCUT2D eigenvalue weighted by molar-refractivity contribution is 6.31. The van der Waals surface area contributed by atoms with Crippen LogP contribution >= 0.6 is 11.6 Å². The Morgan fingerprint density at radius 2 is 2.15 bits per heavy atom. The lowest BCUT2D eigenvalue weighted by atomic mass is 10.0. The highest BCUT2D eigenvalue weighted by Gasteiger charge is 2.20. The first-order chi connectivity index (χ1) is 9.78. The molecule has 0 radical (unpaired) electrons. The van der Waals surface area contributed by atoms with Gasteiger partial charge in [0.05, 0.1) is 0 Å². The quantitative estimate of drug-likeness (QED) is 0.830. The first-order valence-electron chi connectivity index (χ1n) is 7.40. The Bertz CT molecular complexity index is 593. The second kappa shape index (κ2) is 6.17. The van der Waals surface area contributed by atoms with Crippen LogP contribution in [-0.4, -0.2) is 34.7 Å². The number of aliphatic hydroxyl groups is 1. The standard InChI is InChI=1S/C16H21ClN2O/c17-12-4-5-15-13(10-12)14-11-19(7-2-1-3-9-20)8-6-16(14)18-15/h4-5,10,18,20H,1-3,6-9,11H2. The first kappa shape index (κ1) is 13.9. The normalized spacial score (nSPS) is 15.7. The van der Waals surface area contributed by atoms with Gasteiger partial charge in [-0.1, -0.05) is 11.6 Å². The molecule has 3 rings (SSSR count). The molecule has 4 heteroatoms. The molecule has 3 nitrogen and oxygen atoms in total. The van der Waals surface area contributed by atoms with Crippen LogP contribution in [0, 0.1) is 0 Å². The topological polar surface area (TPSA) is 39.3 Å². The molecule has 1 aliphatic heterocycles. The van der Waals surface area contributed by atoms with E-state index in [1.54, 1.807) is 0 Å². The summed E-state index contributed by atoms with van der Waals surface area (Å²) in [5.74, 6) is 0. The fourth-order valence-corrected chi connectivity index (χ4v) is 3.23. The highest BCUT2D eigenvalue weighted by atomic mass is 35.5. The van der Waals surface area contributed by atoms with Crippen molar-refractivity contribution in [2.75, 3.05) is 19.7 Å². The first-order valence-corrected chi connectivity index (χ1v) is 7.78. The van der Waals surface area contributed by atoms with E-state index in [-0.39, 0.29) is 0 Å². The SMILES string of the molecule is OCCCCCN1CCc2[nH]c3ccc(Cl)cc3c2C1. The fourth-order valence-electron chi connectivity index (χ4n) is 3.06. The van der Waals surface area contributed by atoms with Crippen LogP contribution in [0.1, 0.15) is 30.5 Å². The average Bonchev–Trinajstić information content (AvgIpc) is 2.81. The van der Waals surface area contributed by atoms with Crippen molar-refractivity contribution in [1.29, 1.82) is 0 Å². The van der Waals surface area contributed by atoms with Crippen molar-refractivity contribution in [2.24, 2.45) is 0 Å². The van der Waals surface area contributed by atoms with Gasteiger partial charge in [0.25, 0.3) is 0 Å². The Labute approximate surface area is 124 Å². The number of benzene rings is 1. The van der Waals surface area contributed by atoms with Gasteiger partial charge in [-0.15, -0.1) is 0 Å². The Balaban J connectivity index is 1.73. The van der Waals surface area contributed by atoms with Gasteiger partial charge < -0.3 is 10.1 Å². The summed E-state index contributed by atoms with van der Waals surface area (Å²) in [6, 6.07) is 6.08. The zero-order valence-electron chi connectivity index (χ0n) is 11.7. The number of aliphatic hydroxyl groups excluding tert-OH is 1. The zero-order valence-corrected chi connectivity index (χ0v) is 12.4. The lowest BCUT2D eigenvalue weighted by molar-refractivity contribution is 0.239. The third kappa shape index (κ3) is 2.85. The van der Waals surface area contributed by atoms with Crippen LogP contribution in [0.5, 0.6) is 0 Å². The van der Waals surface area contributed by atoms with E-state index in [0.29, 0.717) is 6.61 Å². The molecule has 0 spiro atoms. The number of aromatic nitrogens is 1. The fraction of sp³-hybridized carbons (Fsp3) is 0.500. The molecule has 0 fully saturated rings. The largest absolute Gasteiger partial charge is 0.396 e. The number of rotatable bonds is 5.